The fourth-order valence-corrected chi connectivity index (χ4v) is 4.23. The summed E-state index contributed by atoms with van der Waals surface area (Å²) < 4.78 is 11.0. The third-order valence-corrected chi connectivity index (χ3v) is 5.53. The van der Waals surface area contributed by atoms with Crippen LogP contribution in [0.4, 0.5) is 0 Å². The molecule has 6 rings (SSSR count). The number of hydrogen-bond acceptors (Lipinski definition) is 4. The quantitative estimate of drug-likeness (QED) is 0.260. The van der Waals surface area contributed by atoms with Gasteiger partial charge < -0.3 is 8.83 Å². The van der Waals surface area contributed by atoms with Crippen LogP contribution in [0.2, 0.25) is 0 Å². The molecule has 0 unspecified atom stereocenters. The first-order valence-electron chi connectivity index (χ1n) is 9.60. The molecule has 0 N–H and O–H groups in total. The molecule has 0 saturated carbocycles. The van der Waals surface area contributed by atoms with E-state index >= 15 is 0 Å². The summed E-state index contributed by atoms with van der Waals surface area (Å²) in [5, 5.41) is 5.55. The molecular formula is C26H14O4. The Labute approximate surface area is 169 Å². The van der Waals surface area contributed by atoms with Crippen LogP contribution in [-0.4, -0.2) is 0 Å². The molecule has 0 saturated heterocycles. The minimum Gasteiger partial charge on any atom is -0.423 e. The third-order valence-electron chi connectivity index (χ3n) is 5.53. The Hall–Kier alpha value is -4.18. The Kier molecular flexibility index (Phi) is 3.44. The summed E-state index contributed by atoms with van der Waals surface area (Å²) in [4.78, 5) is 24.3. The molecule has 2 aromatic heterocycles. The van der Waals surface area contributed by atoms with Crippen molar-refractivity contribution in [3.8, 4) is 11.1 Å². The zero-order valence-electron chi connectivity index (χ0n) is 15.7. The Morgan fingerprint density at radius 3 is 1.97 bits per heavy atom. The van der Waals surface area contributed by atoms with E-state index in [4.69, 9.17) is 8.83 Å². The zero-order chi connectivity index (χ0) is 20.2. The van der Waals surface area contributed by atoms with Gasteiger partial charge in [0.2, 0.25) is 0 Å². The number of benzene rings is 4. The molecule has 0 fully saturated rings. The molecule has 142 valence electrons. The van der Waals surface area contributed by atoms with Gasteiger partial charge in [-0.3, -0.25) is 0 Å². The lowest BCUT2D eigenvalue weighted by atomic mass is 9.92. The second-order valence-electron chi connectivity index (χ2n) is 7.31. The van der Waals surface area contributed by atoms with Crippen LogP contribution in [0.5, 0.6) is 0 Å². The fraction of sp³-hybridized carbons (Fsp3) is 0. The highest BCUT2D eigenvalue weighted by molar-refractivity contribution is 6.16. The maximum Gasteiger partial charge on any atom is 0.336 e. The molecule has 0 atom stereocenters. The highest BCUT2D eigenvalue weighted by Gasteiger charge is 2.16. The van der Waals surface area contributed by atoms with E-state index < -0.39 is 11.3 Å². The molecule has 0 aliphatic rings. The molecule has 2 heterocycles. The molecule has 6 aromatic rings. The molecule has 30 heavy (non-hydrogen) atoms. The van der Waals surface area contributed by atoms with Crippen LogP contribution in [-0.2, 0) is 0 Å². The third kappa shape index (κ3) is 2.47. The van der Waals surface area contributed by atoms with Gasteiger partial charge >= 0.3 is 11.3 Å². The van der Waals surface area contributed by atoms with Gasteiger partial charge in [-0.25, -0.2) is 9.59 Å². The van der Waals surface area contributed by atoms with Gasteiger partial charge in [-0.2, -0.15) is 0 Å². The summed E-state index contributed by atoms with van der Waals surface area (Å²) in [7, 11) is 0. The molecule has 0 spiro atoms. The highest BCUT2D eigenvalue weighted by atomic mass is 16.4. The van der Waals surface area contributed by atoms with Gasteiger partial charge in [-0.15, -0.1) is 0 Å². The average Bonchev–Trinajstić information content (AvgIpc) is 2.75. The minimum atomic E-state index is -0.425. The molecular weight excluding hydrogens is 376 g/mol. The first-order chi connectivity index (χ1) is 14.7. The van der Waals surface area contributed by atoms with Gasteiger partial charge in [0.15, 0.2) is 0 Å². The summed E-state index contributed by atoms with van der Waals surface area (Å²) in [5.74, 6) is 0. The van der Waals surface area contributed by atoms with Crippen LogP contribution < -0.4 is 11.3 Å². The topological polar surface area (TPSA) is 60.4 Å². The van der Waals surface area contributed by atoms with Crippen molar-refractivity contribution in [3.63, 3.8) is 0 Å². The monoisotopic (exact) mass is 390 g/mol. The van der Waals surface area contributed by atoms with Crippen molar-refractivity contribution >= 4 is 43.5 Å². The van der Waals surface area contributed by atoms with E-state index in [1.165, 1.54) is 12.1 Å². The fourth-order valence-electron chi connectivity index (χ4n) is 4.23. The van der Waals surface area contributed by atoms with E-state index in [0.29, 0.717) is 11.2 Å². The van der Waals surface area contributed by atoms with Crippen LogP contribution in [0.3, 0.4) is 0 Å². The SMILES string of the molecule is O=c1cc(-c2c3ccccc3cc3oc(=O)ccc23)c2cc3ccccc3cc2o1. The Balaban J connectivity index is 1.86. The van der Waals surface area contributed by atoms with Crippen molar-refractivity contribution in [3.05, 3.63) is 106 Å². The van der Waals surface area contributed by atoms with Crippen LogP contribution in [0.25, 0.3) is 54.6 Å². The van der Waals surface area contributed by atoms with Gasteiger partial charge in [0.1, 0.15) is 11.2 Å². The van der Waals surface area contributed by atoms with Gasteiger partial charge in [-0.1, -0.05) is 48.5 Å². The summed E-state index contributed by atoms with van der Waals surface area (Å²) in [5.41, 5.74) is 1.77. The van der Waals surface area contributed by atoms with Crippen LogP contribution in [0, 0.1) is 0 Å². The first-order valence-corrected chi connectivity index (χ1v) is 9.60. The van der Waals surface area contributed by atoms with E-state index in [9.17, 15) is 9.59 Å². The van der Waals surface area contributed by atoms with Gasteiger partial charge in [0, 0.05) is 34.0 Å². The minimum absolute atomic E-state index is 0.410. The predicted octanol–water partition coefficient (Wildman–Crippen LogP) is 5.87. The zero-order valence-corrected chi connectivity index (χ0v) is 15.7. The van der Waals surface area contributed by atoms with Gasteiger partial charge in [0.05, 0.1) is 0 Å². The van der Waals surface area contributed by atoms with Crippen molar-refractivity contribution in [2.75, 3.05) is 0 Å². The predicted molar refractivity (Wildman–Crippen MR) is 119 cm³/mol. The largest absolute Gasteiger partial charge is 0.423 e. The van der Waals surface area contributed by atoms with Gasteiger partial charge in [0.25, 0.3) is 0 Å². The maximum atomic E-state index is 12.5. The second-order valence-corrected chi connectivity index (χ2v) is 7.31. The Morgan fingerprint density at radius 1 is 0.500 bits per heavy atom. The Morgan fingerprint density at radius 2 is 1.13 bits per heavy atom. The molecule has 4 aromatic carbocycles. The smallest absolute Gasteiger partial charge is 0.336 e. The van der Waals surface area contributed by atoms with Gasteiger partial charge in [-0.05, 0) is 45.8 Å². The van der Waals surface area contributed by atoms with E-state index in [2.05, 4.69) is 0 Å². The van der Waals surface area contributed by atoms with Crippen molar-refractivity contribution in [1.29, 1.82) is 0 Å². The van der Waals surface area contributed by atoms with Crippen LogP contribution in [0.15, 0.2) is 103 Å². The number of fused-ring (bicyclic) bond motifs is 4. The van der Waals surface area contributed by atoms with E-state index in [-0.39, 0.29) is 0 Å². The lowest BCUT2D eigenvalue weighted by Gasteiger charge is -2.13. The molecule has 0 radical (unpaired) electrons. The van der Waals surface area contributed by atoms with Crippen molar-refractivity contribution in [1.82, 2.24) is 0 Å². The maximum absolute atomic E-state index is 12.5. The first kappa shape index (κ1) is 16.7. The summed E-state index contributed by atoms with van der Waals surface area (Å²) in [6.45, 7) is 0. The van der Waals surface area contributed by atoms with Crippen LogP contribution in [0.1, 0.15) is 0 Å². The molecule has 0 aliphatic heterocycles. The van der Waals surface area contributed by atoms with Crippen molar-refractivity contribution in [2.24, 2.45) is 0 Å². The van der Waals surface area contributed by atoms with Crippen LogP contribution >= 0.6 is 0 Å². The summed E-state index contributed by atoms with van der Waals surface area (Å²) >= 11 is 0. The number of rotatable bonds is 1. The molecule has 0 aliphatic carbocycles. The van der Waals surface area contributed by atoms with E-state index in [1.54, 1.807) is 6.07 Å². The lowest BCUT2D eigenvalue weighted by molar-refractivity contribution is 0.560. The molecule has 0 amide bonds. The normalized spacial score (nSPS) is 11.6. The van der Waals surface area contributed by atoms with Crippen molar-refractivity contribution < 1.29 is 8.83 Å². The number of hydrogen-bond donors (Lipinski definition) is 0. The van der Waals surface area contributed by atoms with E-state index in [0.717, 1.165) is 43.4 Å². The molecule has 4 nitrogen and oxygen atoms in total. The molecule has 4 heteroatoms. The Bertz CT molecular complexity index is 1740. The lowest BCUT2D eigenvalue weighted by Crippen LogP contribution is -2.00. The standard InChI is InChI=1S/C26H14O4/c27-24-10-9-19-22(29-24)13-17-7-3-4-8-18(17)26(19)21-14-25(28)30-23-12-16-6-2-1-5-15(16)11-20(21)23/h1-14H. The average molecular weight is 390 g/mol. The molecule has 0 bridgehead atoms. The highest BCUT2D eigenvalue weighted by Crippen LogP contribution is 2.39. The van der Waals surface area contributed by atoms with Crippen molar-refractivity contribution in [2.45, 2.75) is 0 Å². The summed E-state index contributed by atoms with van der Waals surface area (Å²) in [6.07, 6.45) is 0. The second kappa shape index (κ2) is 6.16. The summed E-state index contributed by atoms with van der Waals surface area (Å²) in [6, 6.07) is 26.3. The van der Waals surface area contributed by atoms with E-state index in [1.807, 2.05) is 66.7 Å².